The van der Waals surface area contributed by atoms with Crippen molar-refractivity contribution in [1.29, 1.82) is 0 Å². The third-order valence-corrected chi connectivity index (χ3v) is 4.19. The van der Waals surface area contributed by atoms with Gasteiger partial charge in [0.25, 0.3) is 0 Å². The summed E-state index contributed by atoms with van der Waals surface area (Å²) in [5.41, 5.74) is 1.37. The number of aryl methyl sites for hydroxylation is 1. The molecule has 0 saturated carbocycles. The van der Waals surface area contributed by atoms with Gasteiger partial charge in [-0.2, -0.15) is 0 Å². The third-order valence-electron chi connectivity index (χ3n) is 3.84. The molecule has 7 heteroatoms. The van der Waals surface area contributed by atoms with Crippen molar-refractivity contribution < 1.29 is 14.0 Å². The van der Waals surface area contributed by atoms with E-state index in [4.69, 9.17) is 11.6 Å². The van der Waals surface area contributed by atoms with Crippen LogP contribution in [0.3, 0.4) is 0 Å². The highest BCUT2D eigenvalue weighted by Gasteiger charge is 2.34. The summed E-state index contributed by atoms with van der Waals surface area (Å²) in [7, 11) is 0. The molecule has 1 fully saturated rings. The Morgan fingerprint density at radius 3 is 2.67 bits per heavy atom. The number of benzene rings is 1. The van der Waals surface area contributed by atoms with Crippen molar-refractivity contribution in [2.45, 2.75) is 13.5 Å². The fourth-order valence-corrected chi connectivity index (χ4v) is 2.81. The molecule has 1 aromatic carbocycles. The van der Waals surface area contributed by atoms with Crippen LogP contribution in [0.4, 0.5) is 10.2 Å². The van der Waals surface area contributed by atoms with E-state index in [1.165, 1.54) is 28.0 Å². The number of anilines is 1. The van der Waals surface area contributed by atoms with Gasteiger partial charge in [0.2, 0.25) is 0 Å². The average Bonchev–Trinajstić information content (AvgIpc) is 2.54. The normalized spacial score (nSPS) is 15.1. The van der Waals surface area contributed by atoms with Crippen molar-refractivity contribution in [2.24, 2.45) is 0 Å². The first kappa shape index (κ1) is 16.4. The van der Waals surface area contributed by atoms with Crippen LogP contribution in [0.5, 0.6) is 0 Å². The first-order chi connectivity index (χ1) is 11.5. The molecule has 1 aromatic heterocycles. The molecule has 3 rings (SSSR count). The highest BCUT2D eigenvalue weighted by atomic mass is 35.5. The van der Waals surface area contributed by atoms with E-state index in [2.05, 4.69) is 4.98 Å². The summed E-state index contributed by atoms with van der Waals surface area (Å²) in [6.07, 6.45) is 0. The largest absolute Gasteiger partial charge is 0.328 e. The molecule has 0 bridgehead atoms. The van der Waals surface area contributed by atoms with Crippen LogP contribution in [0.1, 0.15) is 11.3 Å². The van der Waals surface area contributed by atoms with Gasteiger partial charge in [-0.15, -0.1) is 0 Å². The minimum atomic E-state index is -0.627. The summed E-state index contributed by atoms with van der Waals surface area (Å²) in [6, 6.07) is 9.30. The summed E-state index contributed by atoms with van der Waals surface area (Å²) in [5, 5.41) is 0.234. The lowest BCUT2D eigenvalue weighted by Crippen LogP contribution is -2.54. The molecule has 0 spiro atoms. The van der Waals surface area contributed by atoms with Crippen LogP contribution in [-0.4, -0.2) is 34.8 Å². The van der Waals surface area contributed by atoms with Gasteiger partial charge in [0, 0.05) is 30.4 Å². The molecule has 2 amide bonds. The van der Waals surface area contributed by atoms with Crippen molar-refractivity contribution in [1.82, 2.24) is 9.88 Å². The maximum absolute atomic E-state index is 13.1. The second kappa shape index (κ2) is 6.57. The number of rotatable bonds is 3. The van der Waals surface area contributed by atoms with E-state index >= 15 is 0 Å². The number of carbonyl (C=O) groups excluding carboxylic acids is 2. The molecule has 1 saturated heterocycles. The lowest BCUT2D eigenvalue weighted by Gasteiger charge is -2.33. The number of hydrogen-bond acceptors (Lipinski definition) is 3. The second-order valence-electron chi connectivity index (χ2n) is 5.56. The summed E-state index contributed by atoms with van der Waals surface area (Å²) in [6.45, 7) is 2.69. The minimum absolute atomic E-state index is 0.165. The number of nitrogens with zero attached hydrogens (tertiary/aromatic N) is 3. The zero-order valence-corrected chi connectivity index (χ0v) is 13.8. The molecule has 24 heavy (non-hydrogen) atoms. The number of piperazine rings is 1. The smallest absolute Gasteiger partial charge is 0.317 e. The molecule has 0 N–H and O–H groups in total. The van der Waals surface area contributed by atoms with Crippen LogP contribution in [0, 0.1) is 12.7 Å². The molecule has 5 nitrogen and oxygen atoms in total. The topological polar surface area (TPSA) is 53.5 Å². The van der Waals surface area contributed by atoms with Crippen LogP contribution in [0.15, 0.2) is 36.4 Å². The van der Waals surface area contributed by atoms with Crippen LogP contribution in [0.25, 0.3) is 0 Å². The van der Waals surface area contributed by atoms with Gasteiger partial charge in [0.1, 0.15) is 11.6 Å². The fourth-order valence-electron chi connectivity index (χ4n) is 2.58. The van der Waals surface area contributed by atoms with Crippen LogP contribution in [0.2, 0.25) is 5.02 Å². The predicted octanol–water partition coefficient (Wildman–Crippen LogP) is 2.56. The van der Waals surface area contributed by atoms with Gasteiger partial charge in [-0.25, -0.2) is 9.37 Å². The van der Waals surface area contributed by atoms with Crippen molar-refractivity contribution in [3.63, 3.8) is 0 Å². The van der Waals surface area contributed by atoms with E-state index in [9.17, 15) is 14.0 Å². The molecule has 0 radical (unpaired) electrons. The van der Waals surface area contributed by atoms with Crippen molar-refractivity contribution in [2.75, 3.05) is 18.0 Å². The Hall–Kier alpha value is -2.47. The first-order valence-electron chi connectivity index (χ1n) is 7.44. The standard InChI is InChI=1S/C17H15ClFN3O2/c1-11-3-2-4-15(20-11)22-8-7-21(16(23)17(22)24)10-12-5-6-13(19)9-14(12)18/h2-6,9H,7-8,10H2,1H3. The van der Waals surface area contributed by atoms with Gasteiger partial charge in [0.05, 0.1) is 0 Å². The maximum Gasteiger partial charge on any atom is 0.317 e. The lowest BCUT2D eigenvalue weighted by atomic mass is 10.2. The molecule has 124 valence electrons. The molecule has 2 aromatic rings. The Morgan fingerprint density at radius 2 is 1.96 bits per heavy atom. The third kappa shape index (κ3) is 3.23. The van der Waals surface area contributed by atoms with E-state index in [1.54, 1.807) is 12.1 Å². The SMILES string of the molecule is Cc1cccc(N2CCN(Cc3ccc(F)cc3Cl)C(=O)C2=O)n1. The zero-order chi connectivity index (χ0) is 17.3. The van der Waals surface area contributed by atoms with Gasteiger partial charge in [-0.1, -0.05) is 23.7 Å². The second-order valence-corrected chi connectivity index (χ2v) is 5.96. The number of halogens is 2. The van der Waals surface area contributed by atoms with Crippen LogP contribution >= 0.6 is 11.6 Å². The van der Waals surface area contributed by atoms with Crippen LogP contribution < -0.4 is 4.90 Å². The number of hydrogen-bond donors (Lipinski definition) is 0. The Morgan fingerprint density at radius 1 is 1.17 bits per heavy atom. The molecular formula is C17H15ClFN3O2. The highest BCUT2D eigenvalue weighted by molar-refractivity contribution is 6.40. The van der Waals surface area contributed by atoms with Gasteiger partial charge in [-0.3, -0.25) is 14.5 Å². The molecule has 1 aliphatic rings. The molecule has 2 heterocycles. The number of carbonyl (C=O) groups is 2. The summed E-state index contributed by atoms with van der Waals surface area (Å²) in [4.78, 5) is 31.8. The van der Waals surface area contributed by atoms with Gasteiger partial charge >= 0.3 is 11.8 Å². The Balaban J connectivity index is 1.76. The molecule has 0 unspecified atom stereocenters. The molecule has 1 aliphatic heterocycles. The van der Waals surface area contributed by atoms with Crippen molar-refractivity contribution >= 4 is 29.2 Å². The monoisotopic (exact) mass is 347 g/mol. The van der Waals surface area contributed by atoms with E-state index in [0.717, 1.165) is 5.69 Å². The maximum atomic E-state index is 13.1. The number of pyridine rings is 1. The lowest BCUT2D eigenvalue weighted by molar-refractivity contribution is -0.146. The predicted molar refractivity (Wildman–Crippen MR) is 88.2 cm³/mol. The minimum Gasteiger partial charge on any atom is -0.328 e. The van der Waals surface area contributed by atoms with Gasteiger partial charge in [0.15, 0.2) is 0 Å². The first-order valence-corrected chi connectivity index (χ1v) is 7.82. The summed E-state index contributed by atoms with van der Waals surface area (Å²) < 4.78 is 13.1. The Kier molecular flexibility index (Phi) is 4.49. The van der Waals surface area contributed by atoms with E-state index in [1.807, 2.05) is 13.0 Å². The number of aromatic nitrogens is 1. The van der Waals surface area contributed by atoms with E-state index in [0.29, 0.717) is 24.5 Å². The molecule has 0 aliphatic carbocycles. The quantitative estimate of drug-likeness (QED) is 0.802. The van der Waals surface area contributed by atoms with E-state index in [-0.39, 0.29) is 11.6 Å². The van der Waals surface area contributed by atoms with Crippen molar-refractivity contribution in [3.05, 3.63) is 58.5 Å². The highest BCUT2D eigenvalue weighted by Crippen LogP contribution is 2.21. The van der Waals surface area contributed by atoms with Gasteiger partial charge in [-0.05, 0) is 36.8 Å². The summed E-state index contributed by atoms with van der Waals surface area (Å²) in [5.74, 6) is -1.23. The van der Waals surface area contributed by atoms with E-state index < -0.39 is 17.6 Å². The number of amides is 2. The summed E-state index contributed by atoms with van der Waals surface area (Å²) >= 11 is 5.99. The fraction of sp³-hybridized carbons (Fsp3) is 0.235. The zero-order valence-electron chi connectivity index (χ0n) is 13.0. The van der Waals surface area contributed by atoms with Crippen LogP contribution in [-0.2, 0) is 16.1 Å². The molecule has 0 atom stereocenters. The Labute approximate surface area is 143 Å². The average molecular weight is 348 g/mol. The van der Waals surface area contributed by atoms with Crippen molar-refractivity contribution in [3.8, 4) is 0 Å². The molecular weight excluding hydrogens is 333 g/mol. The van der Waals surface area contributed by atoms with Gasteiger partial charge < -0.3 is 4.90 Å². The Bertz CT molecular complexity index is 812.